The van der Waals surface area contributed by atoms with Crippen LogP contribution in [0.25, 0.3) is 0 Å². The molecule has 0 radical (unpaired) electrons. The lowest BCUT2D eigenvalue weighted by Gasteiger charge is -2.09. The van der Waals surface area contributed by atoms with Crippen molar-refractivity contribution in [2.75, 3.05) is 11.8 Å². The number of hydrogen-bond donors (Lipinski definition) is 2. The summed E-state index contributed by atoms with van der Waals surface area (Å²) in [5.41, 5.74) is 2.98. The highest BCUT2D eigenvalue weighted by molar-refractivity contribution is 7.92. The summed E-state index contributed by atoms with van der Waals surface area (Å²) in [7, 11) is -2.18. The first-order valence-electron chi connectivity index (χ1n) is 9.27. The number of ether oxygens (including phenoxy) is 1. The van der Waals surface area contributed by atoms with Crippen LogP contribution in [0.1, 0.15) is 11.1 Å². The Morgan fingerprint density at radius 2 is 1.39 bits per heavy atom. The van der Waals surface area contributed by atoms with E-state index in [1.807, 2.05) is 0 Å². The molecule has 0 amide bonds. The molecular formula is C23H25N3O4S. The second-order valence-electron chi connectivity index (χ2n) is 6.46. The number of nitrogens with zero attached hydrogens (tertiary/aromatic N) is 2. The molecule has 0 saturated carbocycles. The van der Waals surface area contributed by atoms with Gasteiger partial charge in [0, 0.05) is 5.69 Å². The molecule has 0 bridgehead atoms. The highest BCUT2D eigenvalue weighted by Gasteiger charge is 2.14. The van der Waals surface area contributed by atoms with E-state index in [0.29, 0.717) is 33.9 Å². The third-order valence-corrected chi connectivity index (χ3v) is 5.64. The fraction of sp³-hybridized carbons (Fsp3) is 0.130. The number of benzene rings is 3. The lowest BCUT2D eigenvalue weighted by molar-refractivity contribution is 0.415. The number of nitrogens with one attached hydrogen (secondary N) is 1. The molecule has 2 N–H and O–H groups in total. The fourth-order valence-electron chi connectivity index (χ4n) is 2.67. The van der Waals surface area contributed by atoms with Crippen molar-refractivity contribution in [1.82, 2.24) is 0 Å². The fourth-order valence-corrected chi connectivity index (χ4v) is 3.73. The molecule has 7 nitrogen and oxygen atoms in total. The first kappa shape index (κ1) is 23.6. The Morgan fingerprint density at radius 1 is 0.871 bits per heavy atom. The van der Waals surface area contributed by atoms with Gasteiger partial charge in [0.15, 0.2) is 0 Å². The minimum Gasteiger partial charge on any atom is -0.507 e. The Labute approximate surface area is 182 Å². The van der Waals surface area contributed by atoms with Gasteiger partial charge < -0.3 is 9.84 Å². The summed E-state index contributed by atoms with van der Waals surface area (Å²) in [5.74, 6) is 0.879. The van der Waals surface area contributed by atoms with Crippen molar-refractivity contribution >= 4 is 27.1 Å². The van der Waals surface area contributed by atoms with Gasteiger partial charge in [-0.2, -0.15) is 10.2 Å². The molecule has 8 heteroatoms. The highest BCUT2D eigenvalue weighted by Crippen LogP contribution is 2.28. The highest BCUT2D eigenvalue weighted by atomic mass is 32.2. The van der Waals surface area contributed by atoms with Gasteiger partial charge in [-0.1, -0.05) is 0 Å². The number of anilines is 1. The minimum absolute atomic E-state index is 0.114. The molecule has 0 atom stereocenters. The molecule has 0 heterocycles. The van der Waals surface area contributed by atoms with Crippen LogP contribution < -0.4 is 9.46 Å². The molecule has 0 aliphatic rings. The van der Waals surface area contributed by atoms with E-state index in [4.69, 9.17) is 4.74 Å². The van der Waals surface area contributed by atoms with Crippen LogP contribution in [-0.2, 0) is 10.0 Å². The van der Waals surface area contributed by atoms with Gasteiger partial charge in [-0.15, -0.1) is 13.2 Å². The molecule has 3 aromatic rings. The first-order chi connectivity index (χ1) is 14.8. The average Bonchev–Trinajstić information content (AvgIpc) is 2.78. The standard InChI is InChI=1S/C21H21N3O4S.C2H4/c1-14-12-18(13-15(2)21(14)25)23-22-16-6-10-20(11-7-16)29(26,27)24-17-4-8-19(28-3)9-5-17;1-2/h4-13,24-25H,1-3H3;1-2H2. The first-order valence-corrected chi connectivity index (χ1v) is 10.8. The predicted molar refractivity (Wildman–Crippen MR) is 123 cm³/mol. The summed E-state index contributed by atoms with van der Waals surface area (Å²) in [6.07, 6.45) is 0. The van der Waals surface area contributed by atoms with E-state index < -0.39 is 10.0 Å². The van der Waals surface area contributed by atoms with Crippen molar-refractivity contribution in [3.63, 3.8) is 0 Å². The van der Waals surface area contributed by atoms with E-state index >= 15 is 0 Å². The molecule has 3 aromatic carbocycles. The Balaban J connectivity index is 0.00000166. The van der Waals surface area contributed by atoms with Crippen LogP contribution in [-0.4, -0.2) is 20.6 Å². The Hall–Kier alpha value is -3.65. The molecule has 3 rings (SSSR count). The summed E-state index contributed by atoms with van der Waals surface area (Å²) >= 11 is 0. The number of methoxy groups -OCH3 is 1. The second-order valence-corrected chi connectivity index (χ2v) is 8.14. The molecule has 31 heavy (non-hydrogen) atoms. The predicted octanol–water partition coefficient (Wildman–Crippen LogP) is 6.04. The number of azo groups is 1. The van der Waals surface area contributed by atoms with Gasteiger partial charge >= 0.3 is 0 Å². The monoisotopic (exact) mass is 439 g/mol. The number of aryl methyl sites for hydroxylation is 2. The second kappa shape index (κ2) is 10.4. The lowest BCUT2D eigenvalue weighted by Crippen LogP contribution is -2.12. The Bertz CT molecular complexity index is 1130. The molecule has 0 spiro atoms. The van der Waals surface area contributed by atoms with Gasteiger partial charge in [-0.3, -0.25) is 4.72 Å². The van der Waals surface area contributed by atoms with Crippen molar-refractivity contribution in [1.29, 1.82) is 0 Å². The Kier molecular flexibility index (Phi) is 7.93. The lowest BCUT2D eigenvalue weighted by atomic mass is 10.1. The number of hydrogen-bond acceptors (Lipinski definition) is 6. The summed E-state index contributed by atoms with van der Waals surface area (Å²) in [4.78, 5) is 0.114. The van der Waals surface area contributed by atoms with E-state index in [1.165, 1.54) is 12.1 Å². The molecule has 0 unspecified atom stereocenters. The topological polar surface area (TPSA) is 100 Å². The Morgan fingerprint density at radius 3 is 1.90 bits per heavy atom. The summed E-state index contributed by atoms with van der Waals surface area (Å²) < 4.78 is 32.6. The number of sulfonamides is 1. The van der Waals surface area contributed by atoms with Gasteiger partial charge in [-0.05, 0) is 85.6 Å². The maximum absolute atomic E-state index is 12.5. The third kappa shape index (κ3) is 6.16. The van der Waals surface area contributed by atoms with Gasteiger partial charge in [0.2, 0.25) is 0 Å². The summed E-state index contributed by atoms with van der Waals surface area (Å²) in [6, 6.07) is 16.1. The molecular weight excluding hydrogens is 414 g/mol. The SMILES string of the molecule is C=C.COc1ccc(NS(=O)(=O)c2ccc(N=Nc3cc(C)c(O)c(C)c3)cc2)cc1. The maximum atomic E-state index is 12.5. The smallest absolute Gasteiger partial charge is 0.261 e. The number of aromatic hydroxyl groups is 1. The van der Waals surface area contributed by atoms with Crippen molar-refractivity contribution in [3.8, 4) is 11.5 Å². The zero-order valence-corrected chi connectivity index (χ0v) is 18.5. The largest absolute Gasteiger partial charge is 0.507 e. The van der Waals surface area contributed by atoms with Gasteiger partial charge in [0.25, 0.3) is 10.0 Å². The summed E-state index contributed by atoms with van der Waals surface area (Å²) in [5, 5.41) is 18.1. The van der Waals surface area contributed by atoms with Crippen LogP contribution in [0.2, 0.25) is 0 Å². The quantitative estimate of drug-likeness (QED) is 0.361. The maximum Gasteiger partial charge on any atom is 0.261 e. The molecule has 0 aromatic heterocycles. The van der Waals surface area contributed by atoms with Crippen LogP contribution >= 0.6 is 0 Å². The van der Waals surface area contributed by atoms with Crippen LogP contribution in [0, 0.1) is 13.8 Å². The zero-order valence-electron chi connectivity index (χ0n) is 17.7. The molecule has 0 fully saturated rings. The van der Waals surface area contributed by atoms with Crippen molar-refractivity contribution in [2.24, 2.45) is 10.2 Å². The summed E-state index contributed by atoms with van der Waals surface area (Å²) in [6.45, 7) is 9.58. The molecule has 0 saturated heterocycles. The van der Waals surface area contributed by atoms with Crippen LogP contribution in [0.15, 0.2) is 88.9 Å². The normalized spacial score (nSPS) is 10.9. The van der Waals surface area contributed by atoms with E-state index in [0.717, 1.165) is 0 Å². The molecule has 162 valence electrons. The number of phenols is 1. The minimum atomic E-state index is -3.72. The van der Waals surface area contributed by atoms with Crippen molar-refractivity contribution < 1.29 is 18.3 Å². The van der Waals surface area contributed by atoms with Crippen LogP contribution in [0.3, 0.4) is 0 Å². The van der Waals surface area contributed by atoms with Gasteiger partial charge in [-0.25, -0.2) is 8.42 Å². The van der Waals surface area contributed by atoms with E-state index in [1.54, 1.807) is 69.5 Å². The number of rotatable bonds is 6. The van der Waals surface area contributed by atoms with Crippen molar-refractivity contribution in [2.45, 2.75) is 18.7 Å². The van der Waals surface area contributed by atoms with Crippen LogP contribution in [0.5, 0.6) is 11.5 Å². The number of phenolic OH excluding ortho intramolecular Hbond substituents is 1. The molecule has 0 aliphatic heterocycles. The average molecular weight is 440 g/mol. The molecule has 0 aliphatic carbocycles. The van der Waals surface area contributed by atoms with Gasteiger partial charge in [0.05, 0.1) is 23.4 Å². The third-order valence-electron chi connectivity index (χ3n) is 4.25. The van der Waals surface area contributed by atoms with E-state index in [-0.39, 0.29) is 10.6 Å². The van der Waals surface area contributed by atoms with Crippen LogP contribution in [0.4, 0.5) is 17.1 Å². The van der Waals surface area contributed by atoms with Crippen molar-refractivity contribution in [3.05, 3.63) is 84.9 Å². The van der Waals surface area contributed by atoms with E-state index in [2.05, 4.69) is 28.1 Å². The zero-order chi connectivity index (χ0) is 23.0. The van der Waals surface area contributed by atoms with Gasteiger partial charge in [0.1, 0.15) is 11.5 Å². The van der Waals surface area contributed by atoms with E-state index in [9.17, 15) is 13.5 Å².